The predicted octanol–water partition coefficient (Wildman–Crippen LogP) is 2.18. The van der Waals surface area contributed by atoms with Gasteiger partial charge in [0.1, 0.15) is 11.8 Å². The molecule has 1 N–H and O–H groups in total. The van der Waals surface area contributed by atoms with Crippen LogP contribution >= 0.6 is 11.5 Å². The lowest BCUT2D eigenvalue weighted by molar-refractivity contribution is 0.215. The summed E-state index contributed by atoms with van der Waals surface area (Å²) in [6.07, 6.45) is 0.351. The van der Waals surface area contributed by atoms with E-state index in [-0.39, 0.29) is 0 Å². The molecule has 15 heavy (non-hydrogen) atoms. The summed E-state index contributed by atoms with van der Waals surface area (Å²) < 4.78 is 3.73. The van der Waals surface area contributed by atoms with Crippen LogP contribution in [0.5, 0.6) is 0 Å². The van der Waals surface area contributed by atoms with Gasteiger partial charge in [-0.05, 0) is 29.1 Å². The van der Waals surface area contributed by atoms with Gasteiger partial charge in [-0.2, -0.15) is 0 Å². The maximum Gasteiger partial charge on any atom is 0.124 e. The minimum atomic E-state index is -0.658. The summed E-state index contributed by atoms with van der Waals surface area (Å²) in [5, 5.41) is 15.6. The van der Waals surface area contributed by atoms with Gasteiger partial charge in [-0.3, -0.25) is 0 Å². The standard InChI is InChI=1S/C11H12N2OS/c1-2-8-3-5-9(6-4-8)11(14)10-7-15-13-12-10/h3-7,11,14H,2H2,1H3. The fraction of sp³-hybridized carbons (Fsp3) is 0.273. The highest BCUT2D eigenvalue weighted by molar-refractivity contribution is 7.03. The average Bonchev–Trinajstić information content (AvgIpc) is 2.82. The van der Waals surface area contributed by atoms with E-state index in [0.717, 1.165) is 12.0 Å². The average molecular weight is 220 g/mol. The molecule has 0 fully saturated rings. The summed E-state index contributed by atoms with van der Waals surface area (Å²) in [7, 11) is 0. The molecular formula is C11H12N2OS. The first-order valence-corrected chi connectivity index (χ1v) is 5.68. The number of aryl methyl sites for hydroxylation is 1. The molecule has 0 aliphatic heterocycles. The van der Waals surface area contributed by atoms with Crippen molar-refractivity contribution in [1.29, 1.82) is 0 Å². The normalized spacial score (nSPS) is 12.7. The van der Waals surface area contributed by atoms with Crippen molar-refractivity contribution in [3.8, 4) is 0 Å². The fourth-order valence-electron chi connectivity index (χ4n) is 1.40. The summed E-state index contributed by atoms with van der Waals surface area (Å²) in [5.74, 6) is 0. The maximum atomic E-state index is 9.95. The van der Waals surface area contributed by atoms with Crippen molar-refractivity contribution >= 4 is 11.5 Å². The van der Waals surface area contributed by atoms with E-state index >= 15 is 0 Å². The second-order valence-corrected chi connectivity index (χ2v) is 3.94. The third-order valence-corrected chi connectivity index (χ3v) is 2.88. The molecule has 0 saturated carbocycles. The fourth-order valence-corrected chi connectivity index (χ4v) is 1.87. The molecule has 1 aromatic carbocycles. The maximum absolute atomic E-state index is 9.95. The van der Waals surface area contributed by atoms with Crippen LogP contribution in [-0.4, -0.2) is 14.7 Å². The van der Waals surface area contributed by atoms with Gasteiger partial charge in [0.25, 0.3) is 0 Å². The Morgan fingerprint density at radius 3 is 2.60 bits per heavy atom. The van der Waals surface area contributed by atoms with Gasteiger partial charge in [0.15, 0.2) is 0 Å². The molecule has 0 radical (unpaired) electrons. The predicted molar refractivity (Wildman–Crippen MR) is 59.8 cm³/mol. The first-order chi connectivity index (χ1) is 7.31. The van der Waals surface area contributed by atoms with Crippen molar-refractivity contribution in [3.05, 3.63) is 46.5 Å². The lowest BCUT2D eigenvalue weighted by Crippen LogP contribution is -2.00. The first kappa shape index (κ1) is 10.3. The van der Waals surface area contributed by atoms with E-state index in [2.05, 4.69) is 16.5 Å². The number of nitrogens with zero attached hydrogens (tertiary/aromatic N) is 2. The molecule has 0 amide bonds. The number of aromatic nitrogens is 2. The second-order valence-electron chi connectivity index (χ2n) is 3.33. The van der Waals surface area contributed by atoms with Gasteiger partial charge in [0, 0.05) is 5.38 Å². The summed E-state index contributed by atoms with van der Waals surface area (Å²) >= 11 is 1.25. The largest absolute Gasteiger partial charge is 0.382 e. The van der Waals surface area contributed by atoms with Gasteiger partial charge < -0.3 is 5.11 Å². The number of aliphatic hydroxyl groups is 1. The Hall–Kier alpha value is -1.26. The van der Waals surface area contributed by atoms with E-state index in [0.29, 0.717) is 5.69 Å². The zero-order chi connectivity index (χ0) is 10.7. The third kappa shape index (κ3) is 2.22. The van der Waals surface area contributed by atoms with E-state index in [1.807, 2.05) is 24.3 Å². The van der Waals surface area contributed by atoms with Crippen LogP contribution < -0.4 is 0 Å². The minimum Gasteiger partial charge on any atom is -0.382 e. The third-order valence-electron chi connectivity index (χ3n) is 2.36. The van der Waals surface area contributed by atoms with E-state index in [4.69, 9.17) is 0 Å². The van der Waals surface area contributed by atoms with Crippen molar-refractivity contribution in [1.82, 2.24) is 9.59 Å². The Morgan fingerprint density at radius 2 is 2.07 bits per heavy atom. The Bertz CT molecular complexity index is 411. The van der Waals surface area contributed by atoms with Crippen LogP contribution in [0.2, 0.25) is 0 Å². The molecule has 3 nitrogen and oxygen atoms in total. The first-order valence-electron chi connectivity index (χ1n) is 4.85. The Morgan fingerprint density at radius 1 is 1.33 bits per heavy atom. The molecule has 78 valence electrons. The molecule has 1 heterocycles. The van der Waals surface area contributed by atoms with Crippen LogP contribution in [0.1, 0.15) is 29.8 Å². The topological polar surface area (TPSA) is 46.0 Å². The van der Waals surface area contributed by atoms with Gasteiger partial charge in [0.2, 0.25) is 0 Å². The number of hydrogen-bond acceptors (Lipinski definition) is 4. The van der Waals surface area contributed by atoms with Crippen LogP contribution in [0.3, 0.4) is 0 Å². The lowest BCUT2D eigenvalue weighted by atomic mass is 10.0. The summed E-state index contributed by atoms with van der Waals surface area (Å²) in [5.41, 5.74) is 2.74. The number of rotatable bonds is 3. The Kier molecular flexibility index (Phi) is 3.08. The van der Waals surface area contributed by atoms with Crippen molar-refractivity contribution in [2.45, 2.75) is 19.4 Å². The molecule has 2 rings (SSSR count). The SMILES string of the molecule is CCc1ccc(C(O)c2csnn2)cc1. The van der Waals surface area contributed by atoms with Crippen molar-refractivity contribution in [2.75, 3.05) is 0 Å². The van der Waals surface area contributed by atoms with Gasteiger partial charge in [-0.25, -0.2) is 0 Å². The monoisotopic (exact) mass is 220 g/mol. The van der Waals surface area contributed by atoms with Gasteiger partial charge >= 0.3 is 0 Å². The zero-order valence-corrected chi connectivity index (χ0v) is 9.24. The molecule has 0 spiro atoms. The van der Waals surface area contributed by atoms with Crippen molar-refractivity contribution in [2.24, 2.45) is 0 Å². The van der Waals surface area contributed by atoms with E-state index in [1.54, 1.807) is 5.38 Å². The zero-order valence-electron chi connectivity index (χ0n) is 8.42. The summed E-state index contributed by atoms with van der Waals surface area (Å²) in [4.78, 5) is 0. The molecule has 1 atom stereocenters. The smallest absolute Gasteiger partial charge is 0.124 e. The van der Waals surface area contributed by atoms with E-state index in [1.165, 1.54) is 17.1 Å². The van der Waals surface area contributed by atoms with E-state index < -0.39 is 6.10 Å². The molecular weight excluding hydrogens is 208 g/mol. The molecule has 0 aliphatic carbocycles. The lowest BCUT2D eigenvalue weighted by Gasteiger charge is -2.07. The molecule has 0 saturated heterocycles. The highest BCUT2D eigenvalue weighted by Gasteiger charge is 2.12. The Balaban J connectivity index is 2.22. The van der Waals surface area contributed by atoms with Crippen LogP contribution in [-0.2, 0) is 6.42 Å². The second kappa shape index (κ2) is 4.51. The number of hydrogen-bond donors (Lipinski definition) is 1. The molecule has 1 aromatic heterocycles. The van der Waals surface area contributed by atoms with Crippen LogP contribution in [0, 0.1) is 0 Å². The number of benzene rings is 1. The highest BCUT2D eigenvalue weighted by Crippen LogP contribution is 2.20. The van der Waals surface area contributed by atoms with Crippen molar-refractivity contribution in [3.63, 3.8) is 0 Å². The van der Waals surface area contributed by atoms with Crippen LogP contribution in [0.15, 0.2) is 29.6 Å². The van der Waals surface area contributed by atoms with Crippen molar-refractivity contribution < 1.29 is 5.11 Å². The summed E-state index contributed by atoms with van der Waals surface area (Å²) in [6.45, 7) is 2.11. The van der Waals surface area contributed by atoms with Gasteiger partial charge in [0.05, 0.1) is 0 Å². The molecule has 0 bridgehead atoms. The van der Waals surface area contributed by atoms with Crippen LogP contribution in [0.25, 0.3) is 0 Å². The summed E-state index contributed by atoms with van der Waals surface area (Å²) in [6, 6.07) is 7.92. The van der Waals surface area contributed by atoms with Crippen LogP contribution in [0.4, 0.5) is 0 Å². The molecule has 1 unspecified atom stereocenters. The molecule has 2 aromatic rings. The molecule has 4 heteroatoms. The minimum absolute atomic E-state index is 0.615. The van der Waals surface area contributed by atoms with Gasteiger partial charge in [-0.1, -0.05) is 35.7 Å². The number of aliphatic hydroxyl groups excluding tert-OH is 1. The Labute approximate surface area is 92.6 Å². The highest BCUT2D eigenvalue weighted by atomic mass is 32.1. The van der Waals surface area contributed by atoms with E-state index in [9.17, 15) is 5.11 Å². The quantitative estimate of drug-likeness (QED) is 0.862. The molecule has 0 aliphatic rings. The van der Waals surface area contributed by atoms with Gasteiger partial charge in [-0.15, -0.1) is 5.10 Å².